The molecule has 1 aliphatic carbocycles. The maximum atomic E-state index is 12.6. The van der Waals surface area contributed by atoms with Gasteiger partial charge in [0.2, 0.25) is 0 Å². The molecule has 3 heterocycles. The van der Waals surface area contributed by atoms with E-state index in [4.69, 9.17) is 5.11 Å². The van der Waals surface area contributed by atoms with Crippen LogP contribution in [0.25, 0.3) is 5.65 Å². The van der Waals surface area contributed by atoms with Gasteiger partial charge < -0.3 is 15.0 Å². The summed E-state index contributed by atoms with van der Waals surface area (Å²) in [7, 11) is 0. The number of amides is 1. The number of fused-ring (bicyclic) bond motifs is 1. The third-order valence-electron chi connectivity index (χ3n) is 5.08. The number of hydrogen-bond acceptors (Lipinski definition) is 6. The van der Waals surface area contributed by atoms with Crippen LogP contribution in [0.1, 0.15) is 59.9 Å². The van der Waals surface area contributed by atoms with Crippen molar-refractivity contribution in [1.82, 2.24) is 34.7 Å². The molecule has 2 N–H and O–H groups in total. The van der Waals surface area contributed by atoms with Crippen LogP contribution < -0.4 is 5.32 Å². The van der Waals surface area contributed by atoms with Gasteiger partial charge in [0, 0.05) is 25.0 Å². The number of aromatic nitrogens is 6. The highest BCUT2D eigenvalue weighted by Gasteiger charge is 2.20. The standard InChI is InChI=1S/C18H23N7O2/c26-7-6-13-8-19-17-15(9-22-25(17)11-13)18(27)20-10-16-23-21-12-24(16)14-4-2-1-3-5-14/h8-9,11-12,14,26H,1-7,10H2,(H,20,27). The van der Waals surface area contributed by atoms with Crippen LogP contribution in [0.5, 0.6) is 0 Å². The van der Waals surface area contributed by atoms with Gasteiger partial charge in [0.25, 0.3) is 5.91 Å². The van der Waals surface area contributed by atoms with E-state index in [-0.39, 0.29) is 12.5 Å². The number of carbonyl (C=O) groups excluding carboxylic acids is 1. The zero-order valence-corrected chi connectivity index (χ0v) is 15.1. The lowest BCUT2D eigenvalue weighted by Crippen LogP contribution is -2.26. The Morgan fingerprint density at radius 1 is 1.26 bits per heavy atom. The lowest BCUT2D eigenvalue weighted by Gasteiger charge is -2.23. The van der Waals surface area contributed by atoms with Gasteiger partial charge in [-0.15, -0.1) is 10.2 Å². The first-order chi connectivity index (χ1) is 13.3. The van der Waals surface area contributed by atoms with Crippen molar-refractivity contribution in [2.24, 2.45) is 0 Å². The number of aliphatic hydroxyl groups is 1. The fraction of sp³-hybridized carbons (Fsp3) is 0.500. The van der Waals surface area contributed by atoms with Crippen molar-refractivity contribution in [2.75, 3.05) is 6.61 Å². The number of aliphatic hydroxyl groups excluding tert-OH is 1. The fourth-order valence-electron chi connectivity index (χ4n) is 3.64. The van der Waals surface area contributed by atoms with E-state index in [1.807, 2.05) is 0 Å². The number of rotatable bonds is 6. The van der Waals surface area contributed by atoms with Crippen molar-refractivity contribution in [3.8, 4) is 0 Å². The number of carbonyl (C=O) groups is 1. The Kier molecular flexibility index (Phi) is 5.10. The van der Waals surface area contributed by atoms with Crippen molar-refractivity contribution in [1.29, 1.82) is 0 Å². The molecule has 0 radical (unpaired) electrons. The van der Waals surface area contributed by atoms with Crippen molar-refractivity contribution in [3.05, 3.63) is 41.9 Å². The average molecular weight is 369 g/mol. The Hall–Kier alpha value is -2.81. The summed E-state index contributed by atoms with van der Waals surface area (Å²) in [6.07, 6.45) is 13.2. The van der Waals surface area contributed by atoms with Crippen LogP contribution >= 0.6 is 0 Å². The van der Waals surface area contributed by atoms with Crippen LogP contribution in [0.3, 0.4) is 0 Å². The molecule has 1 saturated carbocycles. The number of nitrogens with one attached hydrogen (secondary N) is 1. The summed E-state index contributed by atoms with van der Waals surface area (Å²) < 4.78 is 3.65. The molecule has 27 heavy (non-hydrogen) atoms. The first-order valence-corrected chi connectivity index (χ1v) is 9.36. The molecule has 0 atom stereocenters. The molecule has 3 aromatic rings. The molecule has 0 aromatic carbocycles. The SMILES string of the molecule is O=C(NCc1nncn1C1CCCCC1)c1cnn2cc(CCO)cnc12. The number of hydrogen-bond donors (Lipinski definition) is 2. The van der Waals surface area contributed by atoms with E-state index in [2.05, 4.69) is 30.2 Å². The highest BCUT2D eigenvalue weighted by molar-refractivity contribution is 5.99. The fourth-order valence-corrected chi connectivity index (χ4v) is 3.64. The Morgan fingerprint density at radius 2 is 2.11 bits per heavy atom. The third kappa shape index (κ3) is 3.68. The second-order valence-electron chi connectivity index (χ2n) is 6.89. The van der Waals surface area contributed by atoms with Gasteiger partial charge in [0.15, 0.2) is 11.5 Å². The van der Waals surface area contributed by atoms with E-state index in [9.17, 15) is 4.79 Å². The predicted octanol–water partition coefficient (Wildman–Crippen LogP) is 1.29. The second kappa shape index (κ2) is 7.83. The minimum absolute atomic E-state index is 0.0451. The Morgan fingerprint density at radius 3 is 2.93 bits per heavy atom. The molecule has 0 saturated heterocycles. The van der Waals surface area contributed by atoms with Crippen molar-refractivity contribution >= 4 is 11.6 Å². The van der Waals surface area contributed by atoms with Crippen LogP contribution in [-0.4, -0.2) is 47.0 Å². The van der Waals surface area contributed by atoms with Crippen molar-refractivity contribution in [3.63, 3.8) is 0 Å². The molecular formula is C18H23N7O2. The quantitative estimate of drug-likeness (QED) is 0.677. The molecule has 9 heteroatoms. The van der Waals surface area contributed by atoms with Crippen molar-refractivity contribution in [2.45, 2.75) is 51.1 Å². The molecular weight excluding hydrogens is 346 g/mol. The lowest BCUT2D eigenvalue weighted by molar-refractivity contribution is 0.0950. The zero-order valence-electron chi connectivity index (χ0n) is 15.1. The minimum Gasteiger partial charge on any atom is -0.396 e. The topological polar surface area (TPSA) is 110 Å². The smallest absolute Gasteiger partial charge is 0.257 e. The van der Waals surface area contributed by atoms with Crippen molar-refractivity contribution < 1.29 is 9.90 Å². The molecule has 9 nitrogen and oxygen atoms in total. The van der Waals surface area contributed by atoms with Gasteiger partial charge in [-0.3, -0.25) is 4.79 Å². The largest absolute Gasteiger partial charge is 0.396 e. The molecule has 1 amide bonds. The summed E-state index contributed by atoms with van der Waals surface area (Å²) >= 11 is 0. The summed E-state index contributed by atoms with van der Waals surface area (Å²) in [6, 6.07) is 0.421. The lowest BCUT2D eigenvalue weighted by atomic mass is 9.95. The Bertz CT molecular complexity index is 927. The van der Waals surface area contributed by atoms with Crippen LogP contribution in [0.2, 0.25) is 0 Å². The summed E-state index contributed by atoms with van der Waals surface area (Å²) in [5.41, 5.74) is 1.76. The zero-order chi connectivity index (χ0) is 18.6. The van der Waals surface area contributed by atoms with Gasteiger partial charge in [0.1, 0.15) is 11.9 Å². The van der Waals surface area contributed by atoms with E-state index in [1.165, 1.54) is 25.5 Å². The molecule has 3 aromatic heterocycles. The van der Waals surface area contributed by atoms with E-state index >= 15 is 0 Å². The maximum Gasteiger partial charge on any atom is 0.257 e. The van der Waals surface area contributed by atoms with Crippen LogP contribution in [-0.2, 0) is 13.0 Å². The molecule has 0 spiro atoms. The maximum absolute atomic E-state index is 12.6. The minimum atomic E-state index is -0.245. The monoisotopic (exact) mass is 369 g/mol. The third-order valence-corrected chi connectivity index (χ3v) is 5.08. The highest BCUT2D eigenvalue weighted by Crippen LogP contribution is 2.28. The van der Waals surface area contributed by atoms with Gasteiger partial charge in [-0.2, -0.15) is 5.10 Å². The number of nitrogens with zero attached hydrogens (tertiary/aromatic N) is 6. The first kappa shape index (κ1) is 17.6. The van der Waals surface area contributed by atoms with Crippen LogP contribution in [0, 0.1) is 0 Å². The van der Waals surface area contributed by atoms with Crippen LogP contribution in [0.15, 0.2) is 24.9 Å². The van der Waals surface area contributed by atoms with Gasteiger partial charge >= 0.3 is 0 Å². The summed E-state index contributed by atoms with van der Waals surface area (Å²) in [5.74, 6) is 0.524. The van der Waals surface area contributed by atoms with Gasteiger partial charge in [-0.05, 0) is 24.8 Å². The second-order valence-corrected chi connectivity index (χ2v) is 6.89. The molecule has 142 valence electrons. The summed E-state index contributed by atoms with van der Waals surface area (Å²) in [5, 5.41) is 24.3. The normalized spacial score (nSPS) is 15.3. The first-order valence-electron chi connectivity index (χ1n) is 9.36. The van der Waals surface area contributed by atoms with Gasteiger partial charge in [-0.1, -0.05) is 19.3 Å². The average Bonchev–Trinajstić information content (AvgIpc) is 3.34. The van der Waals surface area contributed by atoms with Crippen LogP contribution in [0.4, 0.5) is 0 Å². The molecule has 1 fully saturated rings. The molecule has 0 aliphatic heterocycles. The molecule has 1 aliphatic rings. The van der Waals surface area contributed by atoms with E-state index in [0.717, 1.165) is 24.2 Å². The Balaban J connectivity index is 1.46. The summed E-state index contributed by atoms with van der Waals surface area (Å²) in [6.45, 7) is 0.360. The van der Waals surface area contributed by atoms with E-state index in [0.29, 0.717) is 30.2 Å². The summed E-state index contributed by atoms with van der Waals surface area (Å²) in [4.78, 5) is 16.9. The predicted molar refractivity (Wildman–Crippen MR) is 97.1 cm³/mol. The van der Waals surface area contributed by atoms with Gasteiger partial charge in [0.05, 0.1) is 12.7 Å². The van der Waals surface area contributed by atoms with E-state index < -0.39 is 0 Å². The van der Waals surface area contributed by atoms with Gasteiger partial charge in [-0.25, -0.2) is 9.50 Å². The molecule has 4 rings (SSSR count). The molecule has 0 bridgehead atoms. The molecule has 0 unspecified atom stereocenters. The Labute approximate surface area is 156 Å². The van der Waals surface area contributed by atoms with E-state index in [1.54, 1.807) is 23.2 Å². The highest BCUT2D eigenvalue weighted by atomic mass is 16.3.